The van der Waals surface area contributed by atoms with Gasteiger partial charge >= 0.3 is 6.98 Å². The average molecular weight is 738 g/mol. The molecule has 7 heteroatoms. The number of para-hydroxylation sites is 2. The van der Waals surface area contributed by atoms with Crippen LogP contribution in [0.2, 0.25) is 0 Å². The van der Waals surface area contributed by atoms with E-state index in [4.69, 9.17) is 14.7 Å². The van der Waals surface area contributed by atoms with Gasteiger partial charge in [-0.05, 0) is 71.0 Å². The van der Waals surface area contributed by atoms with Crippen molar-refractivity contribution in [3.8, 4) is 22.8 Å². The van der Waals surface area contributed by atoms with Crippen LogP contribution < -0.4 is 19.8 Å². The maximum atomic E-state index is 6.87. The zero-order chi connectivity index (χ0) is 38.5. The van der Waals surface area contributed by atoms with Gasteiger partial charge < -0.3 is 14.4 Å². The average Bonchev–Trinajstić information content (AvgIpc) is 3.82. The van der Waals surface area contributed by atoms with Crippen LogP contribution in [0.4, 0.5) is 22.9 Å². The van der Waals surface area contributed by atoms with Gasteiger partial charge in [-0.3, -0.25) is 4.40 Å². The summed E-state index contributed by atoms with van der Waals surface area (Å²) >= 11 is 0. The van der Waals surface area contributed by atoms with Gasteiger partial charge in [0.1, 0.15) is 23.0 Å². The Kier molecular flexibility index (Phi) is 7.24. The molecule has 0 radical (unpaired) electrons. The Morgan fingerprint density at radius 1 is 0.561 bits per heavy atom. The zero-order valence-corrected chi connectivity index (χ0v) is 32.4. The van der Waals surface area contributed by atoms with E-state index in [9.17, 15) is 0 Å². The van der Waals surface area contributed by atoms with Crippen molar-refractivity contribution in [1.82, 2.24) is 14.4 Å². The lowest BCUT2D eigenvalue weighted by atomic mass is 9.60. The molecular weight excluding hydrogens is 697 g/mol. The van der Waals surface area contributed by atoms with Crippen molar-refractivity contribution >= 4 is 62.6 Å². The maximum absolute atomic E-state index is 6.87. The van der Waals surface area contributed by atoms with E-state index in [0.29, 0.717) is 0 Å². The third-order valence-corrected chi connectivity index (χ3v) is 12.8. The summed E-state index contributed by atoms with van der Waals surface area (Å²) in [6.45, 7) is 9.34. The molecule has 274 valence electrons. The molecule has 0 aliphatic carbocycles. The second kappa shape index (κ2) is 12.3. The van der Waals surface area contributed by atoms with Crippen LogP contribution in [0.15, 0.2) is 170 Å². The van der Waals surface area contributed by atoms with Crippen LogP contribution in [0.5, 0.6) is 11.5 Å². The minimum absolute atomic E-state index is 0.137. The SMILES string of the molecule is CC1(C)c2cccc3c4ccc(Oc5ccc6c(c5)N(c5ccccn5)B(c5ccccc5)N6c5ccccc5)cc4c4nc(-c5ccccc5)c(n4c23)C1(C)C. The minimum atomic E-state index is -0.212. The number of pyridine rings is 2. The van der Waals surface area contributed by atoms with Crippen LogP contribution in [-0.2, 0) is 10.8 Å². The summed E-state index contributed by atoms with van der Waals surface area (Å²) in [7, 11) is 0. The number of ether oxygens (including phenoxy) is 1. The first-order valence-corrected chi connectivity index (χ1v) is 19.7. The number of fused-ring (bicyclic) bond motifs is 4. The van der Waals surface area contributed by atoms with Crippen LogP contribution in [0, 0.1) is 0 Å². The van der Waals surface area contributed by atoms with Crippen LogP contribution in [0.1, 0.15) is 39.0 Å². The van der Waals surface area contributed by atoms with E-state index in [1.165, 1.54) is 22.2 Å². The highest BCUT2D eigenvalue weighted by Crippen LogP contribution is 2.54. The number of aromatic nitrogens is 3. The molecule has 0 spiro atoms. The summed E-state index contributed by atoms with van der Waals surface area (Å²) in [5.41, 5.74) is 10.9. The minimum Gasteiger partial charge on any atom is -0.457 e. The molecule has 0 atom stereocenters. The number of imidazole rings is 1. The fourth-order valence-electron chi connectivity index (χ4n) is 9.35. The van der Waals surface area contributed by atoms with Crippen molar-refractivity contribution in [2.24, 2.45) is 0 Å². The zero-order valence-electron chi connectivity index (χ0n) is 32.4. The number of nitrogens with zero attached hydrogens (tertiary/aromatic N) is 5. The van der Waals surface area contributed by atoms with Gasteiger partial charge in [0, 0.05) is 45.1 Å². The molecule has 0 fully saturated rings. The highest BCUT2D eigenvalue weighted by Gasteiger charge is 2.48. The quantitative estimate of drug-likeness (QED) is 0.126. The monoisotopic (exact) mass is 737 g/mol. The van der Waals surface area contributed by atoms with Crippen LogP contribution >= 0.6 is 0 Å². The second-order valence-corrected chi connectivity index (χ2v) is 16.3. The Labute approximate surface area is 332 Å². The van der Waals surface area contributed by atoms with Gasteiger partial charge in [-0.2, -0.15) is 0 Å². The van der Waals surface area contributed by atoms with E-state index in [0.717, 1.165) is 67.5 Å². The fraction of sp³-hybridized carbons (Fsp3) is 0.120. The summed E-state index contributed by atoms with van der Waals surface area (Å²) in [6.07, 6.45) is 1.86. The molecule has 11 rings (SSSR count). The molecule has 0 saturated carbocycles. The number of anilines is 4. The van der Waals surface area contributed by atoms with Gasteiger partial charge in [-0.15, -0.1) is 0 Å². The fourth-order valence-corrected chi connectivity index (χ4v) is 9.35. The molecule has 2 aliphatic rings. The smallest absolute Gasteiger partial charge is 0.421 e. The van der Waals surface area contributed by atoms with Crippen molar-refractivity contribution in [2.75, 3.05) is 9.62 Å². The first kappa shape index (κ1) is 33.5. The summed E-state index contributed by atoms with van der Waals surface area (Å²) < 4.78 is 9.32. The summed E-state index contributed by atoms with van der Waals surface area (Å²) in [5, 5.41) is 3.45. The summed E-state index contributed by atoms with van der Waals surface area (Å²) in [6, 6.07) is 57.6. The molecule has 3 aromatic heterocycles. The van der Waals surface area contributed by atoms with Crippen LogP contribution in [0.25, 0.3) is 38.6 Å². The molecule has 0 amide bonds. The molecule has 0 saturated heterocycles. The van der Waals surface area contributed by atoms with Gasteiger partial charge in [0.2, 0.25) is 0 Å². The molecule has 5 heterocycles. The van der Waals surface area contributed by atoms with Gasteiger partial charge in [0.05, 0.1) is 28.3 Å². The molecule has 0 unspecified atom stereocenters. The Hall–Kier alpha value is -6.86. The lowest BCUT2D eigenvalue weighted by Crippen LogP contribution is -2.53. The molecule has 6 aromatic carbocycles. The van der Waals surface area contributed by atoms with Crippen molar-refractivity contribution < 1.29 is 4.74 Å². The second-order valence-electron chi connectivity index (χ2n) is 16.3. The molecule has 2 aliphatic heterocycles. The van der Waals surface area contributed by atoms with Gasteiger partial charge in [0.15, 0.2) is 0 Å². The third kappa shape index (κ3) is 4.85. The van der Waals surface area contributed by atoms with E-state index in [2.05, 4.69) is 193 Å². The lowest BCUT2D eigenvalue weighted by molar-refractivity contribution is 0.289. The first-order chi connectivity index (χ1) is 27.8. The van der Waals surface area contributed by atoms with Gasteiger partial charge in [-0.25, -0.2) is 9.97 Å². The van der Waals surface area contributed by atoms with E-state index in [1.54, 1.807) is 0 Å². The maximum Gasteiger partial charge on any atom is 0.421 e. The largest absolute Gasteiger partial charge is 0.457 e. The van der Waals surface area contributed by atoms with Gasteiger partial charge in [-0.1, -0.05) is 131 Å². The van der Waals surface area contributed by atoms with Crippen LogP contribution in [0.3, 0.4) is 0 Å². The predicted molar refractivity (Wildman–Crippen MR) is 235 cm³/mol. The molecular formula is C50H40BN5O. The lowest BCUT2D eigenvalue weighted by Gasteiger charge is -2.46. The molecule has 0 N–H and O–H groups in total. The van der Waals surface area contributed by atoms with Crippen molar-refractivity contribution in [2.45, 2.75) is 38.5 Å². The number of benzene rings is 6. The Bertz CT molecular complexity index is 3000. The normalized spacial score (nSPS) is 15.2. The van der Waals surface area contributed by atoms with Crippen LogP contribution in [-0.4, -0.2) is 21.4 Å². The Balaban J connectivity index is 1.09. The third-order valence-electron chi connectivity index (χ3n) is 12.8. The first-order valence-electron chi connectivity index (χ1n) is 19.7. The Morgan fingerprint density at radius 3 is 2.02 bits per heavy atom. The standard InChI is InChI=1S/C50H40BN5O/c1-49(2)41-24-16-23-39-38-28-26-36(31-40(38)48-53-45(33-17-8-5-9-18-33)47(50(49,3)4)54(48)46(39)41)57-37-27-29-42-43(32-37)56(44-25-14-15-30-52-44)51(34-19-10-6-11-20-34)55(42)35-21-12-7-13-22-35/h5-32H,1-4H3. The predicted octanol–water partition coefficient (Wildman–Crippen LogP) is 11.7. The number of hydrogen-bond donors (Lipinski definition) is 0. The topological polar surface area (TPSA) is 45.9 Å². The van der Waals surface area contributed by atoms with Crippen molar-refractivity contribution in [3.05, 3.63) is 181 Å². The molecule has 6 nitrogen and oxygen atoms in total. The highest BCUT2D eigenvalue weighted by molar-refractivity contribution is 6.84. The van der Waals surface area contributed by atoms with E-state index in [1.807, 2.05) is 18.3 Å². The van der Waals surface area contributed by atoms with Crippen molar-refractivity contribution in [3.63, 3.8) is 0 Å². The number of hydrogen-bond acceptors (Lipinski definition) is 5. The van der Waals surface area contributed by atoms with E-state index >= 15 is 0 Å². The van der Waals surface area contributed by atoms with Gasteiger partial charge in [0.25, 0.3) is 0 Å². The molecule has 57 heavy (non-hydrogen) atoms. The molecule has 9 aromatic rings. The summed E-state index contributed by atoms with van der Waals surface area (Å²) in [4.78, 5) is 15.1. The summed E-state index contributed by atoms with van der Waals surface area (Å²) in [5.74, 6) is 2.36. The molecule has 0 bridgehead atoms. The van der Waals surface area contributed by atoms with Crippen molar-refractivity contribution in [1.29, 1.82) is 0 Å². The van der Waals surface area contributed by atoms with E-state index in [-0.39, 0.29) is 17.8 Å². The Morgan fingerprint density at radius 2 is 1.26 bits per heavy atom. The number of rotatable bonds is 6. The highest BCUT2D eigenvalue weighted by atomic mass is 16.5. The van der Waals surface area contributed by atoms with E-state index < -0.39 is 0 Å².